The molecule has 0 heterocycles. The molecule has 0 aliphatic carbocycles. The molecule has 0 rings (SSSR count). The topological polar surface area (TPSA) is 46.5 Å². The van der Waals surface area contributed by atoms with Gasteiger partial charge < -0.3 is 14.3 Å². The fraction of sp³-hybridized carbons (Fsp3) is 0.667. The first-order chi connectivity index (χ1) is 5.83. The molecule has 0 aliphatic heterocycles. The van der Waals surface area contributed by atoms with Crippen molar-refractivity contribution in [2.75, 3.05) is 34.3 Å². The first kappa shape index (κ1) is 12.0. The molecule has 0 spiro atoms. The Morgan fingerprint density at radius 3 is 2.38 bits per heavy atom. The number of aliphatic carboxylic acids is 1. The Bertz CT molecular complexity index is 203. The number of likely N-dealkylation sites (N-methyl/N-ethyl adjacent to an activating group) is 1. The van der Waals surface area contributed by atoms with E-state index in [1.165, 1.54) is 13.2 Å². The van der Waals surface area contributed by atoms with Gasteiger partial charge in [0.2, 0.25) is 0 Å². The molecule has 0 radical (unpaired) electrons. The molecule has 4 nitrogen and oxygen atoms in total. The average molecular weight is 188 g/mol. The molecule has 0 fully saturated rings. The molecular weight excluding hydrogens is 170 g/mol. The van der Waals surface area contributed by atoms with Crippen molar-refractivity contribution in [2.45, 2.75) is 6.92 Å². The Labute approximate surface area is 79.0 Å². The number of carbonyl (C=O) groups is 1. The lowest BCUT2D eigenvalue weighted by Crippen LogP contribution is -2.37. The van der Waals surface area contributed by atoms with E-state index in [0.717, 1.165) is 11.0 Å². The molecular formula is C9H18NO3+. The van der Waals surface area contributed by atoms with Crippen LogP contribution in [0.4, 0.5) is 0 Å². The molecule has 0 aliphatic rings. The van der Waals surface area contributed by atoms with E-state index in [0.29, 0.717) is 6.61 Å². The van der Waals surface area contributed by atoms with Crippen molar-refractivity contribution in [1.29, 1.82) is 0 Å². The summed E-state index contributed by atoms with van der Waals surface area (Å²) in [6, 6.07) is 0. The van der Waals surface area contributed by atoms with Crippen molar-refractivity contribution in [3.63, 3.8) is 0 Å². The van der Waals surface area contributed by atoms with E-state index in [2.05, 4.69) is 21.1 Å². The van der Waals surface area contributed by atoms with Crippen LogP contribution in [0.2, 0.25) is 0 Å². The molecule has 0 amide bonds. The molecule has 0 aromatic carbocycles. The Balaban J connectivity index is 3.68. The summed E-state index contributed by atoms with van der Waals surface area (Å²) in [4.78, 5) is 10.3. The van der Waals surface area contributed by atoms with E-state index in [1.54, 1.807) is 0 Å². The lowest BCUT2D eigenvalue weighted by Gasteiger charge is -2.23. The number of quaternary nitrogens is 1. The molecule has 1 N–H and O–H groups in total. The van der Waals surface area contributed by atoms with Gasteiger partial charge in [0.1, 0.15) is 13.2 Å². The second-order valence-corrected chi connectivity index (χ2v) is 3.99. The van der Waals surface area contributed by atoms with Crippen LogP contribution in [0.5, 0.6) is 0 Å². The predicted molar refractivity (Wildman–Crippen MR) is 50.2 cm³/mol. The van der Waals surface area contributed by atoms with E-state index in [9.17, 15) is 4.79 Å². The van der Waals surface area contributed by atoms with Crippen LogP contribution in [0, 0.1) is 0 Å². The quantitative estimate of drug-likeness (QED) is 0.299. The smallest absolute Gasteiger partial charge is 0.334 e. The summed E-state index contributed by atoms with van der Waals surface area (Å²) in [6.07, 6.45) is 1.29. The van der Waals surface area contributed by atoms with Crippen LogP contribution < -0.4 is 0 Å². The van der Waals surface area contributed by atoms with Gasteiger partial charge in [0, 0.05) is 0 Å². The maximum Gasteiger partial charge on any atom is 0.334 e. The first-order valence-corrected chi connectivity index (χ1v) is 4.15. The summed E-state index contributed by atoms with van der Waals surface area (Å²) >= 11 is 0. The zero-order chi connectivity index (χ0) is 10.5. The highest BCUT2D eigenvalue weighted by molar-refractivity contribution is 5.85. The van der Waals surface area contributed by atoms with Crippen molar-refractivity contribution in [3.05, 3.63) is 11.8 Å². The van der Waals surface area contributed by atoms with Gasteiger partial charge in [-0.15, -0.1) is 0 Å². The Morgan fingerprint density at radius 1 is 1.46 bits per heavy atom. The maximum absolute atomic E-state index is 10.3. The van der Waals surface area contributed by atoms with Crippen molar-refractivity contribution < 1.29 is 19.1 Å². The minimum atomic E-state index is -0.940. The normalized spacial score (nSPS) is 12.8. The third kappa shape index (κ3) is 7.33. The van der Waals surface area contributed by atoms with Gasteiger partial charge in [-0.3, -0.25) is 0 Å². The van der Waals surface area contributed by atoms with Gasteiger partial charge >= 0.3 is 5.97 Å². The SMILES string of the molecule is CC(=COCC[N+](C)(C)C)C(=O)O. The highest BCUT2D eigenvalue weighted by Crippen LogP contribution is 1.94. The zero-order valence-corrected chi connectivity index (χ0v) is 8.70. The van der Waals surface area contributed by atoms with Crippen molar-refractivity contribution in [1.82, 2.24) is 0 Å². The summed E-state index contributed by atoms with van der Waals surface area (Å²) in [5.41, 5.74) is 0.224. The maximum atomic E-state index is 10.3. The number of hydrogen-bond acceptors (Lipinski definition) is 2. The summed E-state index contributed by atoms with van der Waals surface area (Å²) in [5, 5.41) is 8.49. The van der Waals surface area contributed by atoms with E-state index in [-0.39, 0.29) is 5.57 Å². The molecule has 4 heteroatoms. The molecule has 76 valence electrons. The van der Waals surface area contributed by atoms with Crippen LogP contribution >= 0.6 is 0 Å². The van der Waals surface area contributed by atoms with Crippen LogP contribution in [-0.4, -0.2) is 49.9 Å². The Morgan fingerprint density at radius 2 is 2.00 bits per heavy atom. The molecule has 0 atom stereocenters. The van der Waals surface area contributed by atoms with Crippen LogP contribution in [0.1, 0.15) is 6.92 Å². The van der Waals surface area contributed by atoms with E-state index in [4.69, 9.17) is 9.84 Å². The van der Waals surface area contributed by atoms with Gasteiger partial charge in [-0.1, -0.05) is 0 Å². The van der Waals surface area contributed by atoms with Crippen LogP contribution in [-0.2, 0) is 9.53 Å². The molecule has 0 aromatic heterocycles. The number of rotatable bonds is 5. The minimum Gasteiger partial charge on any atom is -0.495 e. The average Bonchev–Trinajstić information content (AvgIpc) is 1.95. The largest absolute Gasteiger partial charge is 0.495 e. The van der Waals surface area contributed by atoms with Crippen molar-refractivity contribution in [3.8, 4) is 0 Å². The molecule has 0 aromatic rings. The lowest BCUT2D eigenvalue weighted by atomic mass is 10.3. The fourth-order valence-corrected chi connectivity index (χ4v) is 0.561. The second-order valence-electron chi connectivity index (χ2n) is 3.99. The van der Waals surface area contributed by atoms with Gasteiger partial charge in [-0.05, 0) is 6.92 Å². The number of hydrogen-bond donors (Lipinski definition) is 1. The third-order valence-corrected chi connectivity index (χ3v) is 1.48. The lowest BCUT2D eigenvalue weighted by molar-refractivity contribution is -0.870. The summed E-state index contributed by atoms with van der Waals surface area (Å²) < 4.78 is 5.88. The molecule has 0 saturated carbocycles. The van der Waals surface area contributed by atoms with Crippen LogP contribution in [0.25, 0.3) is 0 Å². The monoisotopic (exact) mass is 188 g/mol. The van der Waals surface area contributed by atoms with Gasteiger partial charge in [0.25, 0.3) is 0 Å². The minimum absolute atomic E-state index is 0.224. The molecule has 13 heavy (non-hydrogen) atoms. The number of ether oxygens (including phenoxy) is 1. The number of nitrogens with zero attached hydrogens (tertiary/aromatic N) is 1. The van der Waals surface area contributed by atoms with Crippen molar-refractivity contribution in [2.24, 2.45) is 0 Å². The first-order valence-electron chi connectivity index (χ1n) is 4.15. The number of carboxylic acids is 1. The standard InChI is InChI=1S/C9H17NO3/c1-8(9(11)12)7-13-6-5-10(2,3)4/h7H,5-6H2,1-4H3/p+1. The Kier molecular flexibility index (Phi) is 4.48. The second kappa shape index (κ2) is 4.87. The highest BCUT2D eigenvalue weighted by Gasteiger charge is 2.05. The van der Waals surface area contributed by atoms with Gasteiger partial charge in [0.15, 0.2) is 0 Å². The van der Waals surface area contributed by atoms with Crippen LogP contribution in [0.3, 0.4) is 0 Å². The van der Waals surface area contributed by atoms with E-state index in [1.807, 2.05) is 0 Å². The Hall–Kier alpha value is -1.03. The fourth-order valence-electron chi connectivity index (χ4n) is 0.561. The van der Waals surface area contributed by atoms with Gasteiger partial charge in [-0.25, -0.2) is 4.79 Å². The third-order valence-electron chi connectivity index (χ3n) is 1.48. The van der Waals surface area contributed by atoms with Gasteiger partial charge in [-0.2, -0.15) is 0 Å². The number of carboxylic acid groups (broad SMARTS) is 1. The van der Waals surface area contributed by atoms with Crippen molar-refractivity contribution >= 4 is 5.97 Å². The summed E-state index contributed by atoms with van der Waals surface area (Å²) in [6.45, 7) is 2.89. The molecule has 0 saturated heterocycles. The summed E-state index contributed by atoms with van der Waals surface area (Å²) in [5.74, 6) is -0.940. The highest BCUT2D eigenvalue weighted by atomic mass is 16.5. The zero-order valence-electron chi connectivity index (χ0n) is 8.70. The molecule has 0 bridgehead atoms. The predicted octanol–water partition coefficient (Wildman–Crippen LogP) is 0.698. The van der Waals surface area contributed by atoms with E-state index >= 15 is 0 Å². The van der Waals surface area contributed by atoms with Gasteiger partial charge in [0.05, 0.1) is 33.0 Å². The summed E-state index contributed by atoms with van der Waals surface area (Å²) in [7, 11) is 6.16. The molecule has 0 unspecified atom stereocenters. The van der Waals surface area contributed by atoms with E-state index < -0.39 is 5.97 Å². The van der Waals surface area contributed by atoms with Crippen LogP contribution in [0.15, 0.2) is 11.8 Å².